The van der Waals surface area contributed by atoms with Gasteiger partial charge < -0.3 is 5.11 Å². The zero-order valence-corrected chi connectivity index (χ0v) is 11.7. The fraction of sp³-hybridized carbons (Fsp3) is 0.154. The van der Waals surface area contributed by atoms with E-state index in [1.54, 1.807) is 6.92 Å². The van der Waals surface area contributed by atoms with Crippen molar-refractivity contribution >= 4 is 29.3 Å². The van der Waals surface area contributed by atoms with Crippen LogP contribution in [0.2, 0.25) is 5.02 Å². The molecule has 0 aliphatic heterocycles. The molecule has 19 heavy (non-hydrogen) atoms. The number of hydrogen-bond donors (Lipinski definition) is 1. The van der Waals surface area contributed by atoms with E-state index in [1.807, 2.05) is 24.3 Å². The van der Waals surface area contributed by atoms with Gasteiger partial charge in [-0.2, -0.15) is 0 Å². The molecule has 0 bridgehead atoms. The summed E-state index contributed by atoms with van der Waals surface area (Å²) in [5.74, 6) is 0.125. The van der Waals surface area contributed by atoms with Crippen molar-refractivity contribution in [3.63, 3.8) is 0 Å². The lowest BCUT2D eigenvalue weighted by Crippen LogP contribution is -2.05. The highest BCUT2D eigenvalue weighted by Gasteiger charge is 2.10. The van der Waals surface area contributed by atoms with Crippen LogP contribution in [0.5, 0.6) is 0 Å². The maximum atomic E-state index is 10.9. The van der Waals surface area contributed by atoms with Crippen molar-refractivity contribution in [1.29, 1.82) is 0 Å². The molecule has 2 aromatic rings. The van der Waals surface area contributed by atoms with Crippen LogP contribution < -0.4 is 0 Å². The molecule has 0 atom stereocenters. The van der Waals surface area contributed by atoms with Gasteiger partial charge in [-0.1, -0.05) is 23.7 Å². The number of carbonyl (C=O) groups is 1. The van der Waals surface area contributed by atoms with Gasteiger partial charge in [0.15, 0.2) is 0 Å². The molecule has 1 N–H and O–H groups in total. The molecule has 1 heterocycles. The molecule has 0 saturated heterocycles. The van der Waals surface area contributed by atoms with Crippen LogP contribution >= 0.6 is 23.4 Å². The molecule has 0 aliphatic carbocycles. The summed E-state index contributed by atoms with van der Waals surface area (Å²) in [5, 5.41) is 9.58. The Hall–Kier alpha value is -1.59. The normalized spacial score (nSPS) is 10.4. The summed E-state index contributed by atoms with van der Waals surface area (Å²) in [7, 11) is 0. The van der Waals surface area contributed by atoms with Gasteiger partial charge in [0.25, 0.3) is 0 Å². The molecule has 0 saturated carbocycles. The Balaban J connectivity index is 2.11. The maximum Gasteiger partial charge on any atom is 0.339 e. The average Bonchev–Trinajstić information content (AvgIpc) is 2.37. The third-order valence-electron chi connectivity index (χ3n) is 2.45. The standard InChI is InChI=1S/C13H11ClN2O2S/c1-8-9(13(17)18)6-15-12(16-8)7-19-11-5-3-2-4-10(11)14/h2-6H,7H2,1H3,(H,17,18). The maximum absolute atomic E-state index is 10.9. The Labute approximate surface area is 119 Å². The Morgan fingerprint density at radius 1 is 1.42 bits per heavy atom. The van der Waals surface area contributed by atoms with Crippen LogP contribution in [0, 0.1) is 6.92 Å². The highest BCUT2D eigenvalue weighted by Crippen LogP contribution is 2.28. The van der Waals surface area contributed by atoms with Gasteiger partial charge in [-0.25, -0.2) is 14.8 Å². The molecule has 0 spiro atoms. The summed E-state index contributed by atoms with van der Waals surface area (Å²) >= 11 is 7.57. The fourth-order valence-corrected chi connectivity index (χ4v) is 2.60. The fourth-order valence-electron chi connectivity index (χ4n) is 1.50. The summed E-state index contributed by atoms with van der Waals surface area (Å²) in [6.45, 7) is 1.66. The Bertz CT molecular complexity index is 619. The molecule has 2 rings (SSSR count). The highest BCUT2D eigenvalue weighted by molar-refractivity contribution is 7.98. The van der Waals surface area contributed by atoms with Crippen LogP contribution in [0.4, 0.5) is 0 Å². The number of benzene rings is 1. The largest absolute Gasteiger partial charge is 0.478 e. The summed E-state index contributed by atoms with van der Waals surface area (Å²) in [6.07, 6.45) is 1.34. The molecule has 1 aromatic heterocycles. The van der Waals surface area contributed by atoms with E-state index in [9.17, 15) is 4.79 Å². The van der Waals surface area contributed by atoms with Gasteiger partial charge in [-0.3, -0.25) is 0 Å². The van der Waals surface area contributed by atoms with Crippen LogP contribution in [0.3, 0.4) is 0 Å². The smallest absolute Gasteiger partial charge is 0.339 e. The SMILES string of the molecule is Cc1nc(CSc2ccccc2Cl)ncc1C(=O)O. The zero-order valence-electron chi connectivity index (χ0n) is 10.1. The molecule has 0 radical (unpaired) electrons. The number of thioether (sulfide) groups is 1. The van der Waals surface area contributed by atoms with E-state index in [1.165, 1.54) is 18.0 Å². The van der Waals surface area contributed by atoms with Crippen LogP contribution in [-0.4, -0.2) is 21.0 Å². The van der Waals surface area contributed by atoms with Gasteiger partial charge in [0.2, 0.25) is 0 Å². The molecular formula is C13H11ClN2O2S. The second kappa shape index (κ2) is 6.04. The third kappa shape index (κ3) is 3.45. The van der Waals surface area contributed by atoms with Crippen molar-refractivity contribution in [2.24, 2.45) is 0 Å². The van der Waals surface area contributed by atoms with Gasteiger partial charge in [-0.05, 0) is 19.1 Å². The second-order valence-electron chi connectivity index (χ2n) is 3.81. The molecule has 0 fully saturated rings. The summed E-state index contributed by atoms with van der Waals surface area (Å²) < 4.78 is 0. The topological polar surface area (TPSA) is 63.1 Å². The average molecular weight is 295 g/mol. The lowest BCUT2D eigenvalue weighted by molar-refractivity contribution is 0.0695. The number of halogens is 1. The number of nitrogens with zero attached hydrogens (tertiary/aromatic N) is 2. The highest BCUT2D eigenvalue weighted by atomic mass is 35.5. The van der Waals surface area contributed by atoms with E-state index >= 15 is 0 Å². The lowest BCUT2D eigenvalue weighted by Gasteiger charge is -2.05. The Kier molecular flexibility index (Phi) is 4.39. The molecule has 0 amide bonds. The van der Waals surface area contributed by atoms with Crippen molar-refractivity contribution in [3.8, 4) is 0 Å². The van der Waals surface area contributed by atoms with E-state index in [-0.39, 0.29) is 5.56 Å². The van der Waals surface area contributed by atoms with E-state index in [0.29, 0.717) is 22.3 Å². The Morgan fingerprint density at radius 2 is 2.16 bits per heavy atom. The Morgan fingerprint density at radius 3 is 2.79 bits per heavy atom. The molecule has 4 nitrogen and oxygen atoms in total. The number of aromatic carboxylic acids is 1. The first-order valence-corrected chi connectivity index (χ1v) is 6.87. The first-order chi connectivity index (χ1) is 9.08. The van der Waals surface area contributed by atoms with Crippen molar-refractivity contribution in [2.45, 2.75) is 17.6 Å². The van der Waals surface area contributed by atoms with Crippen LogP contribution in [0.1, 0.15) is 21.9 Å². The molecule has 98 valence electrons. The van der Waals surface area contributed by atoms with Crippen LogP contribution in [-0.2, 0) is 5.75 Å². The molecule has 0 aliphatic rings. The van der Waals surface area contributed by atoms with Crippen LogP contribution in [0.15, 0.2) is 35.4 Å². The predicted molar refractivity (Wildman–Crippen MR) is 74.7 cm³/mol. The molecule has 1 aromatic carbocycles. The zero-order chi connectivity index (χ0) is 13.8. The van der Waals surface area contributed by atoms with Gasteiger partial charge >= 0.3 is 5.97 Å². The second-order valence-corrected chi connectivity index (χ2v) is 5.23. The molecular weight excluding hydrogens is 284 g/mol. The first-order valence-electron chi connectivity index (χ1n) is 5.51. The minimum Gasteiger partial charge on any atom is -0.478 e. The minimum atomic E-state index is -1.01. The van der Waals surface area contributed by atoms with Gasteiger partial charge in [0, 0.05) is 11.1 Å². The number of carboxylic acid groups (broad SMARTS) is 1. The van der Waals surface area contributed by atoms with Crippen molar-refractivity contribution < 1.29 is 9.90 Å². The number of rotatable bonds is 4. The van der Waals surface area contributed by atoms with Gasteiger partial charge in [-0.15, -0.1) is 11.8 Å². The van der Waals surface area contributed by atoms with Crippen LogP contribution in [0.25, 0.3) is 0 Å². The number of aryl methyl sites for hydroxylation is 1. The van der Waals surface area contributed by atoms with Crippen molar-refractivity contribution in [2.75, 3.05) is 0 Å². The monoisotopic (exact) mass is 294 g/mol. The summed E-state index contributed by atoms with van der Waals surface area (Å²) in [5.41, 5.74) is 0.601. The lowest BCUT2D eigenvalue weighted by atomic mass is 10.2. The van der Waals surface area contributed by atoms with Gasteiger partial charge in [0.1, 0.15) is 5.82 Å². The van der Waals surface area contributed by atoms with Gasteiger partial charge in [0.05, 0.1) is 22.0 Å². The molecule has 6 heteroatoms. The van der Waals surface area contributed by atoms with Crippen molar-refractivity contribution in [3.05, 3.63) is 52.6 Å². The summed E-state index contributed by atoms with van der Waals surface area (Å²) in [6, 6.07) is 7.53. The number of carboxylic acids is 1. The van der Waals surface area contributed by atoms with Crippen molar-refractivity contribution in [1.82, 2.24) is 9.97 Å². The van der Waals surface area contributed by atoms with E-state index in [2.05, 4.69) is 9.97 Å². The quantitative estimate of drug-likeness (QED) is 0.875. The van der Waals surface area contributed by atoms with E-state index in [4.69, 9.17) is 16.7 Å². The number of hydrogen-bond acceptors (Lipinski definition) is 4. The summed E-state index contributed by atoms with van der Waals surface area (Å²) in [4.78, 5) is 20.0. The first kappa shape index (κ1) is 13.8. The predicted octanol–water partition coefficient (Wildman–Crippen LogP) is 3.43. The van der Waals surface area contributed by atoms with E-state index in [0.717, 1.165) is 4.90 Å². The molecule has 0 unspecified atom stereocenters. The number of aromatic nitrogens is 2. The van der Waals surface area contributed by atoms with E-state index < -0.39 is 5.97 Å². The third-order valence-corrected chi connectivity index (χ3v) is 3.96. The minimum absolute atomic E-state index is 0.131.